The highest BCUT2D eigenvalue weighted by Crippen LogP contribution is 2.40. The van der Waals surface area contributed by atoms with Crippen LogP contribution in [0, 0.1) is 0 Å². The molecular weight excluding hydrogens is 792 g/mol. The third-order valence-corrected chi connectivity index (χ3v) is 18.4. The van der Waals surface area contributed by atoms with Gasteiger partial charge in [-0.1, -0.05) is 94.7 Å². The average Bonchev–Trinajstić information content (AvgIpc) is 3.86. The molecule has 0 N–H and O–H groups in total. The van der Waals surface area contributed by atoms with E-state index in [1.54, 1.807) is 0 Å². The van der Waals surface area contributed by atoms with Crippen molar-refractivity contribution in [1.82, 2.24) is 9.13 Å². The standard InChI is InChI=1S/C42H45B21N2O2/c43-11-9-7-8-10-12(44)14(46)18(50)24(56)37(10)65(35(8)26(58)25(57)34(7)64(6-4-2-1-3-5-6)36(9)23(55)17(49)13(11)45)38-29(61)41-33-42(30(38)62)67-40-28(60)20(52)16(48)22(54)32(40)63(33)31-21(53)15(47)19(51)27(59)39(31)66-41/h1-5H,43-62H2. The zero-order valence-corrected chi connectivity index (χ0v) is 43.7. The Morgan fingerprint density at radius 1 is 0.284 bits per heavy atom. The highest BCUT2D eigenvalue weighted by atomic mass is 16.5. The summed E-state index contributed by atoms with van der Waals surface area (Å²) in [6.45, 7) is -0.0300. The molecule has 11 rings (SSSR count). The number of rotatable bonds is 2. The molecule has 0 bridgehead atoms. The maximum atomic E-state index is 7.55. The molecule has 25 heteroatoms. The van der Waals surface area contributed by atoms with Crippen molar-refractivity contribution in [3.8, 4) is 34.4 Å². The van der Waals surface area contributed by atoms with Gasteiger partial charge in [0.25, 0.3) is 6.71 Å². The lowest BCUT2D eigenvalue weighted by atomic mass is 9.30. The van der Waals surface area contributed by atoms with Crippen molar-refractivity contribution in [3.63, 3.8) is 0 Å². The van der Waals surface area contributed by atoms with Crippen LogP contribution in [0.5, 0.6) is 23.0 Å². The Balaban J connectivity index is 1.40. The summed E-state index contributed by atoms with van der Waals surface area (Å²) in [6, 6.07) is 11.0. The normalized spacial score (nSPS) is 12.7. The van der Waals surface area contributed by atoms with Gasteiger partial charge in [-0.25, -0.2) is 0 Å². The molecule has 0 fully saturated rings. The Bertz CT molecular complexity index is 3780. The Morgan fingerprint density at radius 3 is 1.03 bits per heavy atom. The Labute approximate surface area is 413 Å². The van der Waals surface area contributed by atoms with Crippen molar-refractivity contribution in [2.75, 3.05) is 0 Å². The van der Waals surface area contributed by atoms with E-state index in [4.69, 9.17) is 9.47 Å². The molecule has 0 aliphatic carbocycles. The minimum absolute atomic E-state index is 0.0300. The largest absolute Gasteiger partial charge is 0.459 e. The molecule has 4 heterocycles. The van der Waals surface area contributed by atoms with Crippen LogP contribution >= 0.6 is 0 Å². The molecule has 0 amide bonds. The van der Waals surface area contributed by atoms with Gasteiger partial charge in [0.15, 0.2) is 0 Å². The first-order valence-electron chi connectivity index (χ1n) is 24.4. The van der Waals surface area contributed by atoms with E-state index in [0.29, 0.717) is 0 Å². The number of ether oxygens (including phenoxy) is 2. The van der Waals surface area contributed by atoms with Gasteiger partial charge in [-0.3, -0.25) is 0 Å². The average molecular weight is 837 g/mol. The van der Waals surface area contributed by atoms with Crippen LogP contribution in [0.4, 0.5) is 0 Å². The number of aromatic nitrogens is 2. The maximum Gasteiger partial charge on any atom is 0.259 e. The Morgan fingerprint density at radius 2 is 0.597 bits per heavy atom. The molecule has 9 aromatic rings. The Hall–Kier alpha value is -4.90. The zero-order valence-electron chi connectivity index (χ0n) is 43.7. The topological polar surface area (TPSA) is 28.3 Å². The lowest BCUT2D eigenvalue weighted by Crippen LogP contribution is -2.73. The first kappa shape index (κ1) is 44.6. The van der Waals surface area contributed by atoms with Gasteiger partial charge >= 0.3 is 0 Å². The molecule has 2 aromatic heterocycles. The maximum absolute atomic E-state index is 7.55. The molecule has 2 aliphatic heterocycles. The lowest BCUT2D eigenvalue weighted by Gasteiger charge is -2.40. The number of hydrogen-bond donors (Lipinski definition) is 0. The molecule has 0 atom stereocenters. The minimum Gasteiger partial charge on any atom is -0.459 e. The quantitative estimate of drug-likeness (QED) is 0.162. The second-order valence-corrected chi connectivity index (χ2v) is 20.9. The first-order chi connectivity index (χ1) is 31.7. The summed E-state index contributed by atoms with van der Waals surface area (Å²) in [7, 11) is 46.3. The lowest BCUT2D eigenvalue weighted by molar-refractivity contribution is 0.473. The fourth-order valence-corrected chi connectivity index (χ4v) is 13.1. The van der Waals surface area contributed by atoms with Crippen molar-refractivity contribution >= 4 is 333 Å². The van der Waals surface area contributed by atoms with Crippen molar-refractivity contribution < 1.29 is 9.47 Å². The third-order valence-electron chi connectivity index (χ3n) is 18.4. The van der Waals surface area contributed by atoms with Crippen LogP contribution in [0.2, 0.25) is 0 Å². The number of hydrogen-bond acceptors (Lipinski definition) is 2. The van der Waals surface area contributed by atoms with Gasteiger partial charge < -0.3 is 18.6 Å². The number of benzene rings is 7. The molecule has 7 aromatic carbocycles. The fourth-order valence-electron chi connectivity index (χ4n) is 13.1. The summed E-state index contributed by atoms with van der Waals surface area (Å²) in [5, 5.41) is 5.36. The third kappa shape index (κ3) is 5.38. The van der Waals surface area contributed by atoms with Gasteiger partial charge in [0.05, 0.1) is 0 Å². The van der Waals surface area contributed by atoms with Crippen molar-refractivity contribution in [2.45, 2.75) is 0 Å². The smallest absolute Gasteiger partial charge is 0.259 e. The van der Waals surface area contributed by atoms with Crippen LogP contribution in [-0.4, -0.2) is 173 Å². The van der Waals surface area contributed by atoms with Gasteiger partial charge in [0.1, 0.15) is 180 Å². The van der Waals surface area contributed by atoms with Crippen molar-refractivity contribution in [3.05, 3.63) is 30.3 Å². The van der Waals surface area contributed by atoms with Gasteiger partial charge in [0, 0.05) is 60.4 Å². The van der Waals surface area contributed by atoms with E-state index >= 15 is 0 Å². The van der Waals surface area contributed by atoms with Gasteiger partial charge in [-0.2, -0.15) is 0 Å². The molecule has 298 valence electrons. The number of fused-ring (bicyclic) bond motifs is 11. The summed E-state index contributed by atoms with van der Waals surface area (Å²) < 4.78 is 20.4. The van der Waals surface area contributed by atoms with Crippen LogP contribution in [0.1, 0.15) is 0 Å². The van der Waals surface area contributed by atoms with Crippen molar-refractivity contribution in [1.29, 1.82) is 0 Å². The van der Waals surface area contributed by atoms with Crippen LogP contribution in [-0.2, 0) is 0 Å². The molecule has 0 saturated heterocycles. The summed E-state index contributed by atoms with van der Waals surface area (Å²) in [6.07, 6.45) is 0. The molecule has 0 saturated carbocycles. The zero-order chi connectivity index (χ0) is 48.0. The predicted octanol–water partition coefficient (Wildman–Crippen LogP) is -26.2. The SMILES string of the molecule is Bc1c(B)c(B)c2c(c1B)Oc1c(B)c(-n3c4c(B)c(B)c(B)c(B)c4c4c5c6c(B)c(B)c(B)c(B)c6n(-c6ccccc6)c5c(B)c(B)c43)c(B)c3c1B2c1c(B)c(B)c(B)c(B)c1O3. The van der Waals surface area contributed by atoms with E-state index in [9.17, 15) is 0 Å². The van der Waals surface area contributed by atoms with Crippen molar-refractivity contribution in [2.24, 2.45) is 0 Å². The summed E-state index contributed by atoms with van der Waals surface area (Å²) in [5.74, 6) is 3.87. The monoisotopic (exact) mass is 841 g/mol. The van der Waals surface area contributed by atoms with Crippen LogP contribution in [0.3, 0.4) is 0 Å². The first-order valence-corrected chi connectivity index (χ1v) is 24.4. The highest BCUT2D eigenvalue weighted by molar-refractivity contribution is 7.03. The van der Waals surface area contributed by atoms with E-state index in [1.807, 2.05) is 0 Å². The minimum atomic E-state index is -0.0300. The number of para-hydroxylation sites is 1. The van der Waals surface area contributed by atoms with E-state index in [-0.39, 0.29) is 6.71 Å². The molecule has 0 spiro atoms. The van der Waals surface area contributed by atoms with Crippen LogP contribution in [0.25, 0.3) is 55.0 Å². The Kier molecular flexibility index (Phi) is 9.86. The summed E-state index contributed by atoms with van der Waals surface area (Å²) in [5.41, 5.74) is 37.1. The van der Waals surface area contributed by atoms with E-state index in [2.05, 4.69) is 196 Å². The predicted molar refractivity (Wildman–Crippen MR) is 356 cm³/mol. The summed E-state index contributed by atoms with van der Waals surface area (Å²) >= 11 is 0. The molecule has 0 unspecified atom stereocenters. The summed E-state index contributed by atoms with van der Waals surface area (Å²) in [4.78, 5) is 0. The molecule has 2 aliphatic rings. The van der Waals surface area contributed by atoms with Gasteiger partial charge in [-0.05, 0) is 34.0 Å². The van der Waals surface area contributed by atoms with E-state index < -0.39 is 0 Å². The van der Waals surface area contributed by atoms with E-state index in [1.165, 1.54) is 159 Å². The molecule has 67 heavy (non-hydrogen) atoms. The number of nitrogens with zero attached hydrogens (tertiary/aromatic N) is 2. The molecule has 4 nitrogen and oxygen atoms in total. The van der Waals surface area contributed by atoms with E-state index in [0.717, 1.165) is 45.1 Å². The van der Waals surface area contributed by atoms with Crippen LogP contribution in [0.15, 0.2) is 30.3 Å². The van der Waals surface area contributed by atoms with Gasteiger partial charge in [-0.15, -0.1) is 21.9 Å². The second-order valence-electron chi connectivity index (χ2n) is 20.9. The fraction of sp³-hybridized carbons (Fsp3) is 0. The molecular formula is C42H45B21N2O2. The van der Waals surface area contributed by atoms with Crippen LogP contribution < -0.4 is 135 Å². The highest BCUT2D eigenvalue weighted by Gasteiger charge is 2.46. The van der Waals surface area contributed by atoms with Gasteiger partial charge in [0.2, 0.25) is 0 Å². The second kappa shape index (κ2) is 14.8. The molecule has 0 radical (unpaired) electrons.